The smallest absolute Gasteiger partial charge is 0.181 e. The molecule has 0 aliphatic carbocycles. The lowest BCUT2D eigenvalue weighted by Crippen LogP contribution is -1.93. The van der Waals surface area contributed by atoms with E-state index in [1.165, 1.54) is 12.0 Å². The zero-order chi connectivity index (χ0) is 10.7. The summed E-state index contributed by atoms with van der Waals surface area (Å²) in [6.07, 6.45) is 4.24. The molecule has 0 atom stereocenters. The molecule has 0 radical (unpaired) electrons. The Bertz CT molecular complexity index is 401. The Labute approximate surface area is 90.0 Å². The van der Waals surface area contributed by atoms with E-state index in [4.69, 9.17) is 4.42 Å². The maximum absolute atomic E-state index is 4.95. The first-order valence-electron chi connectivity index (χ1n) is 5.23. The molecule has 0 unspecified atom stereocenters. The maximum atomic E-state index is 4.95. The summed E-state index contributed by atoms with van der Waals surface area (Å²) in [7, 11) is 0. The maximum Gasteiger partial charge on any atom is 0.181 e. The van der Waals surface area contributed by atoms with Gasteiger partial charge >= 0.3 is 0 Å². The standard InChI is InChI=1S/C13H15NO/c1-10(2)7-11-3-5-12(6-4-11)13-8-15-9-14-13/h3-6,8-10H,7H2,1-2H3. The molecule has 2 nitrogen and oxygen atoms in total. The molecule has 0 fully saturated rings. The van der Waals surface area contributed by atoms with Crippen LogP contribution in [-0.4, -0.2) is 4.98 Å². The van der Waals surface area contributed by atoms with Gasteiger partial charge in [0.2, 0.25) is 0 Å². The van der Waals surface area contributed by atoms with E-state index in [0.717, 1.165) is 17.7 Å². The van der Waals surface area contributed by atoms with Crippen molar-refractivity contribution in [2.75, 3.05) is 0 Å². The lowest BCUT2D eigenvalue weighted by molar-refractivity contribution is 0.558. The summed E-state index contributed by atoms with van der Waals surface area (Å²) >= 11 is 0. The van der Waals surface area contributed by atoms with Crippen molar-refractivity contribution in [3.8, 4) is 11.3 Å². The van der Waals surface area contributed by atoms with Crippen LogP contribution in [0.2, 0.25) is 0 Å². The topological polar surface area (TPSA) is 26.0 Å². The predicted molar refractivity (Wildman–Crippen MR) is 60.5 cm³/mol. The van der Waals surface area contributed by atoms with E-state index >= 15 is 0 Å². The van der Waals surface area contributed by atoms with Crippen LogP contribution >= 0.6 is 0 Å². The monoisotopic (exact) mass is 201 g/mol. The minimum Gasteiger partial charge on any atom is -0.451 e. The van der Waals surface area contributed by atoms with E-state index in [2.05, 4.69) is 43.1 Å². The summed E-state index contributed by atoms with van der Waals surface area (Å²) in [5.41, 5.74) is 3.37. The van der Waals surface area contributed by atoms with Gasteiger partial charge in [0.1, 0.15) is 12.0 Å². The van der Waals surface area contributed by atoms with Crippen LogP contribution < -0.4 is 0 Å². The molecule has 2 rings (SSSR count). The van der Waals surface area contributed by atoms with Gasteiger partial charge in [-0.15, -0.1) is 0 Å². The van der Waals surface area contributed by atoms with E-state index in [0.29, 0.717) is 5.92 Å². The van der Waals surface area contributed by atoms with Crippen molar-refractivity contribution >= 4 is 0 Å². The summed E-state index contributed by atoms with van der Waals surface area (Å²) < 4.78 is 4.95. The van der Waals surface area contributed by atoms with Crippen molar-refractivity contribution in [2.45, 2.75) is 20.3 Å². The molecule has 0 bridgehead atoms. The van der Waals surface area contributed by atoms with Crippen LogP contribution in [0, 0.1) is 5.92 Å². The molecule has 15 heavy (non-hydrogen) atoms. The quantitative estimate of drug-likeness (QED) is 0.759. The third kappa shape index (κ3) is 2.46. The van der Waals surface area contributed by atoms with E-state index < -0.39 is 0 Å². The van der Waals surface area contributed by atoms with E-state index in [9.17, 15) is 0 Å². The molecule has 1 heterocycles. The van der Waals surface area contributed by atoms with Crippen LogP contribution in [0.1, 0.15) is 19.4 Å². The molecule has 78 valence electrons. The van der Waals surface area contributed by atoms with E-state index in [1.54, 1.807) is 6.26 Å². The van der Waals surface area contributed by atoms with E-state index in [-0.39, 0.29) is 0 Å². The molecule has 1 aromatic carbocycles. The second-order valence-corrected chi connectivity index (χ2v) is 4.17. The fourth-order valence-corrected chi connectivity index (χ4v) is 1.64. The summed E-state index contributed by atoms with van der Waals surface area (Å²) in [6, 6.07) is 8.50. The number of nitrogens with zero attached hydrogens (tertiary/aromatic N) is 1. The second kappa shape index (κ2) is 4.30. The van der Waals surface area contributed by atoms with Gasteiger partial charge in [0, 0.05) is 5.56 Å². The summed E-state index contributed by atoms with van der Waals surface area (Å²) in [5, 5.41) is 0. The summed E-state index contributed by atoms with van der Waals surface area (Å²) in [5.74, 6) is 0.697. The molecular formula is C13H15NO. The first-order chi connectivity index (χ1) is 7.25. The third-order valence-corrected chi connectivity index (χ3v) is 2.33. The zero-order valence-corrected chi connectivity index (χ0v) is 9.10. The Hall–Kier alpha value is -1.57. The van der Waals surface area contributed by atoms with Gasteiger partial charge in [0.25, 0.3) is 0 Å². The van der Waals surface area contributed by atoms with Crippen molar-refractivity contribution in [1.82, 2.24) is 4.98 Å². The molecule has 0 aliphatic rings. The normalized spacial score (nSPS) is 10.9. The molecule has 2 aromatic rings. The number of hydrogen-bond acceptors (Lipinski definition) is 2. The van der Waals surface area contributed by atoms with Crippen LogP contribution in [0.25, 0.3) is 11.3 Å². The average molecular weight is 201 g/mol. The number of benzene rings is 1. The third-order valence-electron chi connectivity index (χ3n) is 2.33. The van der Waals surface area contributed by atoms with Crippen LogP contribution in [0.3, 0.4) is 0 Å². The number of rotatable bonds is 3. The first kappa shape index (κ1) is 9.97. The number of aromatic nitrogens is 1. The molecule has 0 saturated heterocycles. The Balaban J connectivity index is 2.17. The molecule has 0 aliphatic heterocycles. The minimum absolute atomic E-state index is 0.697. The van der Waals surface area contributed by atoms with Gasteiger partial charge in [-0.05, 0) is 17.9 Å². The first-order valence-corrected chi connectivity index (χ1v) is 5.23. The van der Waals surface area contributed by atoms with Gasteiger partial charge < -0.3 is 4.42 Å². The summed E-state index contributed by atoms with van der Waals surface area (Å²) in [4.78, 5) is 4.11. The lowest BCUT2D eigenvalue weighted by atomic mass is 10.0. The molecule has 0 spiro atoms. The Kier molecular flexibility index (Phi) is 2.86. The highest BCUT2D eigenvalue weighted by Gasteiger charge is 2.01. The van der Waals surface area contributed by atoms with Gasteiger partial charge in [-0.25, -0.2) is 4.98 Å². The SMILES string of the molecule is CC(C)Cc1ccc(-c2cocn2)cc1. The molecule has 1 aromatic heterocycles. The minimum atomic E-state index is 0.697. The highest BCUT2D eigenvalue weighted by atomic mass is 16.3. The number of oxazole rings is 1. The van der Waals surface area contributed by atoms with Crippen molar-refractivity contribution < 1.29 is 4.42 Å². The van der Waals surface area contributed by atoms with E-state index in [1.807, 2.05) is 0 Å². The Morgan fingerprint density at radius 3 is 2.47 bits per heavy atom. The molecule has 0 saturated carbocycles. The fraction of sp³-hybridized carbons (Fsp3) is 0.308. The number of hydrogen-bond donors (Lipinski definition) is 0. The van der Waals surface area contributed by atoms with Crippen LogP contribution in [0.5, 0.6) is 0 Å². The Morgan fingerprint density at radius 2 is 1.93 bits per heavy atom. The second-order valence-electron chi connectivity index (χ2n) is 4.17. The van der Waals surface area contributed by atoms with Crippen molar-refractivity contribution in [1.29, 1.82) is 0 Å². The van der Waals surface area contributed by atoms with Crippen LogP contribution in [0.4, 0.5) is 0 Å². The Morgan fingerprint density at radius 1 is 1.20 bits per heavy atom. The largest absolute Gasteiger partial charge is 0.451 e. The predicted octanol–water partition coefficient (Wildman–Crippen LogP) is 3.54. The molecule has 2 heteroatoms. The lowest BCUT2D eigenvalue weighted by Gasteiger charge is -2.04. The van der Waals surface area contributed by atoms with Crippen molar-refractivity contribution in [3.05, 3.63) is 42.5 Å². The molecular weight excluding hydrogens is 186 g/mol. The van der Waals surface area contributed by atoms with Gasteiger partial charge in [-0.1, -0.05) is 38.1 Å². The highest BCUT2D eigenvalue weighted by molar-refractivity contribution is 5.57. The van der Waals surface area contributed by atoms with Gasteiger partial charge in [0.15, 0.2) is 6.39 Å². The molecule has 0 N–H and O–H groups in total. The van der Waals surface area contributed by atoms with Gasteiger partial charge in [0.05, 0.1) is 0 Å². The average Bonchev–Trinajstić information content (AvgIpc) is 2.71. The zero-order valence-electron chi connectivity index (χ0n) is 9.10. The van der Waals surface area contributed by atoms with Gasteiger partial charge in [-0.3, -0.25) is 0 Å². The van der Waals surface area contributed by atoms with Crippen LogP contribution in [0.15, 0.2) is 41.3 Å². The van der Waals surface area contributed by atoms with Crippen LogP contribution in [-0.2, 0) is 6.42 Å². The fourth-order valence-electron chi connectivity index (χ4n) is 1.64. The highest BCUT2D eigenvalue weighted by Crippen LogP contribution is 2.18. The van der Waals surface area contributed by atoms with Gasteiger partial charge in [-0.2, -0.15) is 0 Å². The summed E-state index contributed by atoms with van der Waals surface area (Å²) in [6.45, 7) is 4.46. The van der Waals surface area contributed by atoms with Crippen molar-refractivity contribution in [2.24, 2.45) is 5.92 Å². The molecule has 0 amide bonds. The van der Waals surface area contributed by atoms with Crippen molar-refractivity contribution in [3.63, 3.8) is 0 Å².